The first-order chi connectivity index (χ1) is 12.9. The summed E-state index contributed by atoms with van der Waals surface area (Å²) in [6.07, 6.45) is -2.16. The molecule has 28 heavy (non-hydrogen) atoms. The maximum Gasteiger partial charge on any atom is 0.327 e. The number of aliphatic hydroxyl groups excluding tert-OH is 1. The minimum Gasteiger partial charge on any atom is -0.481 e. The molecule has 5 atom stereocenters. The van der Waals surface area contributed by atoms with Gasteiger partial charge in [0.1, 0.15) is 18.1 Å². The number of hydrogen-bond donors (Lipinski definition) is 8. The van der Waals surface area contributed by atoms with Crippen LogP contribution in [0.25, 0.3) is 0 Å². The van der Waals surface area contributed by atoms with Crippen LogP contribution in [0.2, 0.25) is 0 Å². The standard InChI is InChI=1S/C15H26N4O8S/c1-6(16)12(23)17-8(3-4-10(21)22)13(24)19-11(7(2)20)14(25)18-9(5-28)15(26)27/h6-9,11,20,28H,3-5,16H2,1-2H3,(H,17,23)(H,18,25)(H,19,24)(H,21,22)(H,26,27). The van der Waals surface area contributed by atoms with E-state index in [-0.39, 0.29) is 12.2 Å². The number of aliphatic hydroxyl groups is 1. The van der Waals surface area contributed by atoms with Gasteiger partial charge in [-0.1, -0.05) is 0 Å². The molecule has 0 saturated carbocycles. The zero-order valence-electron chi connectivity index (χ0n) is 15.4. The zero-order chi connectivity index (χ0) is 22.0. The van der Waals surface area contributed by atoms with Crippen LogP contribution in [0.4, 0.5) is 0 Å². The minimum absolute atomic E-state index is 0.229. The van der Waals surface area contributed by atoms with Crippen LogP contribution >= 0.6 is 12.6 Å². The number of rotatable bonds is 12. The molecule has 0 spiro atoms. The summed E-state index contributed by atoms with van der Waals surface area (Å²) in [5.74, 6) is -5.44. The molecule has 0 heterocycles. The summed E-state index contributed by atoms with van der Waals surface area (Å²) in [6.45, 7) is 2.55. The highest BCUT2D eigenvalue weighted by atomic mass is 32.1. The molecule has 0 bridgehead atoms. The second-order valence-electron chi connectivity index (χ2n) is 6.09. The van der Waals surface area contributed by atoms with Crippen LogP contribution in [0.3, 0.4) is 0 Å². The fourth-order valence-corrected chi connectivity index (χ4v) is 2.19. The molecule has 13 heteroatoms. The molecule has 0 aromatic carbocycles. The Balaban J connectivity index is 5.30. The van der Waals surface area contributed by atoms with Gasteiger partial charge in [-0.25, -0.2) is 4.79 Å². The van der Waals surface area contributed by atoms with Gasteiger partial charge in [0.25, 0.3) is 0 Å². The molecule has 0 aromatic heterocycles. The predicted octanol–water partition coefficient (Wildman–Crippen LogP) is -2.95. The van der Waals surface area contributed by atoms with Crippen LogP contribution in [0.1, 0.15) is 26.7 Å². The highest BCUT2D eigenvalue weighted by molar-refractivity contribution is 7.80. The highest BCUT2D eigenvalue weighted by Crippen LogP contribution is 2.03. The number of thiol groups is 1. The second kappa shape index (κ2) is 12.2. The largest absolute Gasteiger partial charge is 0.481 e. The van der Waals surface area contributed by atoms with Crippen molar-refractivity contribution in [1.82, 2.24) is 16.0 Å². The Morgan fingerprint density at radius 2 is 1.46 bits per heavy atom. The van der Waals surface area contributed by atoms with Crippen molar-refractivity contribution in [2.24, 2.45) is 5.73 Å². The van der Waals surface area contributed by atoms with E-state index >= 15 is 0 Å². The first kappa shape index (κ1) is 25.6. The fourth-order valence-electron chi connectivity index (χ4n) is 1.95. The van der Waals surface area contributed by atoms with E-state index in [0.29, 0.717) is 0 Å². The highest BCUT2D eigenvalue weighted by Gasteiger charge is 2.32. The number of carbonyl (C=O) groups excluding carboxylic acids is 3. The first-order valence-electron chi connectivity index (χ1n) is 8.30. The molecule has 0 rings (SSSR count). The van der Waals surface area contributed by atoms with E-state index < -0.39 is 66.4 Å². The topological polar surface area (TPSA) is 208 Å². The Morgan fingerprint density at radius 1 is 0.929 bits per heavy atom. The molecule has 0 aliphatic rings. The molecule has 3 amide bonds. The van der Waals surface area contributed by atoms with E-state index in [4.69, 9.17) is 15.9 Å². The lowest BCUT2D eigenvalue weighted by atomic mass is 10.1. The van der Waals surface area contributed by atoms with Crippen molar-refractivity contribution in [2.45, 2.75) is 57.0 Å². The maximum absolute atomic E-state index is 12.4. The van der Waals surface area contributed by atoms with Crippen LogP contribution in [-0.4, -0.2) is 81.0 Å². The van der Waals surface area contributed by atoms with Gasteiger partial charge < -0.3 is 37.0 Å². The maximum atomic E-state index is 12.4. The second-order valence-corrected chi connectivity index (χ2v) is 6.46. The van der Waals surface area contributed by atoms with Gasteiger partial charge in [0.05, 0.1) is 12.1 Å². The average Bonchev–Trinajstić information content (AvgIpc) is 2.59. The van der Waals surface area contributed by atoms with Crippen LogP contribution in [0.15, 0.2) is 0 Å². The number of carbonyl (C=O) groups is 5. The van der Waals surface area contributed by atoms with Gasteiger partial charge in [0.2, 0.25) is 17.7 Å². The smallest absolute Gasteiger partial charge is 0.327 e. The molecule has 12 nitrogen and oxygen atoms in total. The zero-order valence-corrected chi connectivity index (χ0v) is 16.3. The third-order valence-electron chi connectivity index (χ3n) is 3.55. The van der Waals surface area contributed by atoms with Crippen LogP contribution in [-0.2, 0) is 24.0 Å². The van der Waals surface area contributed by atoms with E-state index in [9.17, 15) is 29.1 Å². The quantitative estimate of drug-likeness (QED) is 0.151. The van der Waals surface area contributed by atoms with Gasteiger partial charge in [-0.15, -0.1) is 0 Å². The molecule has 0 aromatic rings. The van der Waals surface area contributed by atoms with Gasteiger partial charge in [0, 0.05) is 12.2 Å². The van der Waals surface area contributed by atoms with Crippen molar-refractivity contribution in [1.29, 1.82) is 0 Å². The summed E-state index contributed by atoms with van der Waals surface area (Å²) < 4.78 is 0. The van der Waals surface area contributed by atoms with Gasteiger partial charge in [-0.3, -0.25) is 19.2 Å². The number of amides is 3. The van der Waals surface area contributed by atoms with Crippen molar-refractivity contribution in [3.05, 3.63) is 0 Å². The van der Waals surface area contributed by atoms with Gasteiger partial charge in [-0.05, 0) is 20.3 Å². The molecule has 160 valence electrons. The summed E-state index contributed by atoms with van der Waals surface area (Å²) in [6, 6.07) is -5.20. The molecule has 0 aliphatic heterocycles. The van der Waals surface area contributed by atoms with Crippen molar-refractivity contribution < 1.29 is 39.3 Å². The number of carboxylic acids is 2. The Hall–Kier alpha value is -2.38. The van der Waals surface area contributed by atoms with E-state index in [1.165, 1.54) is 13.8 Å². The average molecular weight is 422 g/mol. The number of nitrogens with one attached hydrogen (secondary N) is 3. The lowest BCUT2D eigenvalue weighted by Crippen LogP contribution is -2.60. The van der Waals surface area contributed by atoms with Crippen LogP contribution < -0.4 is 21.7 Å². The predicted molar refractivity (Wildman–Crippen MR) is 99.5 cm³/mol. The van der Waals surface area contributed by atoms with E-state index in [2.05, 4.69) is 28.6 Å². The Kier molecular flexibility index (Phi) is 11.1. The van der Waals surface area contributed by atoms with E-state index in [1.807, 2.05) is 0 Å². The number of nitrogens with two attached hydrogens (primary N) is 1. The normalized spacial score (nSPS) is 16.0. The monoisotopic (exact) mass is 422 g/mol. The van der Waals surface area contributed by atoms with Crippen molar-refractivity contribution in [3.8, 4) is 0 Å². The number of aliphatic carboxylic acids is 2. The van der Waals surface area contributed by atoms with Crippen LogP contribution in [0.5, 0.6) is 0 Å². The fraction of sp³-hybridized carbons (Fsp3) is 0.667. The van der Waals surface area contributed by atoms with Crippen molar-refractivity contribution in [3.63, 3.8) is 0 Å². The third-order valence-corrected chi connectivity index (χ3v) is 3.92. The van der Waals surface area contributed by atoms with E-state index in [0.717, 1.165) is 0 Å². The molecule has 0 fully saturated rings. The van der Waals surface area contributed by atoms with Gasteiger partial charge in [-0.2, -0.15) is 12.6 Å². The van der Waals surface area contributed by atoms with Gasteiger partial charge >= 0.3 is 11.9 Å². The molecular weight excluding hydrogens is 396 g/mol. The van der Waals surface area contributed by atoms with Gasteiger partial charge in [0.15, 0.2) is 0 Å². The molecule has 5 unspecified atom stereocenters. The van der Waals surface area contributed by atoms with Crippen molar-refractivity contribution in [2.75, 3.05) is 5.75 Å². The summed E-state index contributed by atoms with van der Waals surface area (Å²) in [5, 5.41) is 34.1. The molecule has 0 saturated heterocycles. The summed E-state index contributed by atoms with van der Waals surface area (Å²) in [4.78, 5) is 58.2. The third kappa shape index (κ3) is 9.01. The summed E-state index contributed by atoms with van der Waals surface area (Å²) in [7, 11) is 0. The van der Waals surface area contributed by atoms with Crippen molar-refractivity contribution >= 4 is 42.3 Å². The lowest BCUT2D eigenvalue weighted by Gasteiger charge is -2.26. The molecule has 0 radical (unpaired) electrons. The van der Waals surface area contributed by atoms with Crippen LogP contribution in [0, 0.1) is 0 Å². The number of carboxylic acid groups (broad SMARTS) is 2. The lowest BCUT2D eigenvalue weighted by molar-refractivity contribution is -0.142. The summed E-state index contributed by atoms with van der Waals surface area (Å²) >= 11 is 3.80. The Morgan fingerprint density at radius 3 is 1.86 bits per heavy atom. The SMILES string of the molecule is CC(N)C(=O)NC(CCC(=O)O)C(=O)NC(C(=O)NC(CS)C(=O)O)C(C)O. The summed E-state index contributed by atoms with van der Waals surface area (Å²) in [5.41, 5.74) is 5.41. The number of hydrogen-bond acceptors (Lipinski definition) is 8. The molecule has 8 N–H and O–H groups in total. The van der Waals surface area contributed by atoms with E-state index in [1.54, 1.807) is 0 Å². The Labute approximate surface area is 166 Å². The Bertz CT molecular complexity index is 599. The molecular formula is C15H26N4O8S. The first-order valence-corrected chi connectivity index (χ1v) is 8.94. The minimum atomic E-state index is -1.55. The molecule has 0 aliphatic carbocycles.